The topological polar surface area (TPSA) is 78.5 Å². The maximum atomic E-state index is 12.5. The van der Waals surface area contributed by atoms with E-state index in [2.05, 4.69) is 10.6 Å². The van der Waals surface area contributed by atoms with Crippen LogP contribution in [0.25, 0.3) is 0 Å². The molecular formula is C12H23N3O3S. The van der Waals surface area contributed by atoms with Crippen LogP contribution in [0.15, 0.2) is 0 Å². The van der Waals surface area contributed by atoms with Gasteiger partial charge in [-0.05, 0) is 33.2 Å². The molecule has 6 nitrogen and oxygen atoms in total. The number of piperazine rings is 1. The van der Waals surface area contributed by atoms with Gasteiger partial charge in [0.05, 0.1) is 5.75 Å². The summed E-state index contributed by atoms with van der Waals surface area (Å²) in [5.74, 6) is -0.136. The Morgan fingerprint density at radius 3 is 2.68 bits per heavy atom. The van der Waals surface area contributed by atoms with Gasteiger partial charge >= 0.3 is 0 Å². The molecule has 2 N–H and O–H groups in total. The second-order valence-corrected chi connectivity index (χ2v) is 7.75. The Kier molecular flexibility index (Phi) is 4.17. The number of nitrogens with zero attached hydrogens (tertiary/aromatic N) is 1. The Labute approximate surface area is 115 Å². The summed E-state index contributed by atoms with van der Waals surface area (Å²) in [6, 6.07) is 0.0135. The largest absolute Gasteiger partial charge is 0.353 e. The van der Waals surface area contributed by atoms with Crippen LogP contribution in [0.5, 0.6) is 0 Å². The smallest absolute Gasteiger partial charge is 0.241 e. The molecule has 0 bridgehead atoms. The van der Waals surface area contributed by atoms with E-state index in [-0.39, 0.29) is 17.7 Å². The van der Waals surface area contributed by atoms with Crippen LogP contribution in [-0.2, 0) is 14.8 Å². The Bertz CT molecular complexity index is 441. The quantitative estimate of drug-likeness (QED) is 0.745. The van der Waals surface area contributed by atoms with Gasteiger partial charge in [0.25, 0.3) is 0 Å². The molecule has 2 aliphatic heterocycles. The minimum absolute atomic E-state index is 0.0135. The van der Waals surface area contributed by atoms with Crippen molar-refractivity contribution in [3.8, 4) is 0 Å². The number of rotatable bonds is 3. The third-order valence-electron chi connectivity index (χ3n) is 3.94. The Morgan fingerprint density at radius 2 is 2.05 bits per heavy atom. The molecule has 0 saturated carbocycles. The first-order valence-electron chi connectivity index (χ1n) is 6.86. The number of carbonyl (C=O) groups is 1. The van der Waals surface area contributed by atoms with Crippen molar-refractivity contribution in [2.24, 2.45) is 0 Å². The molecule has 19 heavy (non-hydrogen) atoms. The highest BCUT2D eigenvalue weighted by atomic mass is 32.2. The van der Waals surface area contributed by atoms with E-state index in [0.29, 0.717) is 13.1 Å². The summed E-state index contributed by atoms with van der Waals surface area (Å²) in [5, 5.41) is 5.96. The van der Waals surface area contributed by atoms with Gasteiger partial charge in [0, 0.05) is 19.1 Å². The molecule has 110 valence electrons. The predicted octanol–water partition coefficient (Wildman–Crippen LogP) is -0.331. The molecule has 0 aromatic rings. The van der Waals surface area contributed by atoms with Gasteiger partial charge in [-0.2, -0.15) is 4.31 Å². The van der Waals surface area contributed by atoms with E-state index in [1.807, 2.05) is 0 Å². The maximum Gasteiger partial charge on any atom is 0.241 e. The van der Waals surface area contributed by atoms with Crippen molar-refractivity contribution in [3.05, 3.63) is 0 Å². The minimum atomic E-state index is -3.41. The molecule has 2 heterocycles. The maximum absolute atomic E-state index is 12.5. The third-order valence-corrected chi connectivity index (χ3v) is 6.07. The lowest BCUT2D eigenvalue weighted by atomic mass is 10.0. The molecule has 7 heteroatoms. The first-order valence-corrected chi connectivity index (χ1v) is 8.47. The molecule has 0 aliphatic carbocycles. The van der Waals surface area contributed by atoms with E-state index in [0.717, 1.165) is 25.8 Å². The second kappa shape index (κ2) is 5.38. The fraction of sp³-hybridized carbons (Fsp3) is 0.917. The number of carbonyl (C=O) groups excluding carboxylic acids is 1. The normalized spacial score (nSPS) is 28.9. The number of hydrogen-bond acceptors (Lipinski definition) is 4. The third kappa shape index (κ3) is 3.09. The zero-order chi connectivity index (χ0) is 14.1. The molecule has 0 aromatic heterocycles. The Morgan fingerprint density at radius 1 is 1.32 bits per heavy atom. The number of amides is 1. The molecule has 1 amide bonds. The predicted molar refractivity (Wildman–Crippen MR) is 73.2 cm³/mol. The van der Waals surface area contributed by atoms with E-state index < -0.39 is 15.6 Å². The zero-order valence-corrected chi connectivity index (χ0v) is 12.4. The highest BCUT2D eigenvalue weighted by molar-refractivity contribution is 7.89. The molecule has 2 saturated heterocycles. The summed E-state index contributed by atoms with van der Waals surface area (Å²) in [7, 11) is -3.41. The van der Waals surface area contributed by atoms with Crippen molar-refractivity contribution in [2.75, 3.05) is 25.4 Å². The zero-order valence-electron chi connectivity index (χ0n) is 11.6. The summed E-state index contributed by atoms with van der Waals surface area (Å²) < 4.78 is 26.4. The van der Waals surface area contributed by atoms with Crippen LogP contribution in [0, 0.1) is 0 Å². The van der Waals surface area contributed by atoms with Crippen LogP contribution in [0.2, 0.25) is 0 Å². The lowest BCUT2D eigenvalue weighted by molar-refractivity contribution is -0.131. The number of piperidine rings is 1. The van der Waals surface area contributed by atoms with Crippen molar-refractivity contribution < 1.29 is 13.2 Å². The van der Waals surface area contributed by atoms with Crippen molar-refractivity contribution in [2.45, 2.75) is 44.7 Å². The summed E-state index contributed by atoms with van der Waals surface area (Å²) >= 11 is 0. The van der Waals surface area contributed by atoms with Gasteiger partial charge in [-0.25, -0.2) is 8.42 Å². The first kappa shape index (κ1) is 14.7. The molecule has 1 atom stereocenters. The molecule has 0 spiro atoms. The van der Waals surface area contributed by atoms with E-state index in [4.69, 9.17) is 0 Å². The van der Waals surface area contributed by atoms with Crippen LogP contribution in [0.1, 0.15) is 33.1 Å². The number of hydrogen-bond donors (Lipinski definition) is 2. The van der Waals surface area contributed by atoms with Crippen LogP contribution in [0.3, 0.4) is 0 Å². The van der Waals surface area contributed by atoms with Crippen molar-refractivity contribution >= 4 is 15.9 Å². The van der Waals surface area contributed by atoms with Gasteiger partial charge in [-0.1, -0.05) is 6.42 Å². The van der Waals surface area contributed by atoms with Gasteiger partial charge in [-0.3, -0.25) is 4.79 Å². The number of sulfonamides is 1. The molecule has 2 fully saturated rings. The summed E-state index contributed by atoms with van der Waals surface area (Å²) in [6.07, 6.45) is 3.06. The SMILES string of the molecule is CC1(C)C(=O)NCCN1S(=O)(=O)CC1CCCCN1. The van der Waals surface area contributed by atoms with E-state index in [1.165, 1.54) is 4.31 Å². The molecule has 0 aromatic carbocycles. The average Bonchev–Trinajstić information content (AvgIpc) is 2.33. The van der Waals surface area contributed by atoms with Gasteiger partial charge in [0.2, 0.25) is 15.9 Å². The highest BCUT2D eigenvalue weighted by Gasteiger charge is 2.44. The van der Waals surface area contributed by atoms with Crippen molar-refractivity contribution in [1.82, 2.24) is 14.9 Å². The van der Waals surface area contributed by atoms with Gasteiger partial charge in [0.1, 0.15) is 5.54 Å². The monoisotopic (exact) mass is 289 g/mol. The highest BCUT2D eigenvalue weighted by Crippen LogP contribution is 2.23. The van der Waals surface area contributed by atoms with Gasteiger partial charge < -0.3 is 10.6 Å². The molecule has 0 radical (unpaired) electrons. The van der Waals surface area contributed by atoms with Crippen LogP contribution >= 0.6 is 0 Å². The summed E-state index contributed by atoms with van der Waals surface area (Å²) in [4.78, 5) is 11.8. The van der Waals surface area contributed by atoms with Crippen molar-refractivity contribution in [1.29, 1.82) is 0 Å². The summed E-state index contributed by atoms with van der Waals surface area (Å²) in [6.45, 7) is 4.94. The Balaban J connectivity index is 2.11. The van der Waals surface area contributed by atoms with E-state index >= 15 is 0 Å². The molecule has 2 aliphatic rings. The van der Waals surface area contributed by atoms with Crippen molar-refractivity contribution in [3.63, 3.8) is 0 Å². The lowest BCUT2D eigenvalue weighted by Crippen LogP contribution is -2.64. The molecule has 1 unspecified atom stereocenters. The van der Waals surface area contributed by atoms with Gasteiger partial charge in [0.15, 0.2) is 0 Å². The minimum Gasteiger partial charge on any atom is -0.353 e. The van der Waals surface area contributed by atoms with E-state index in [9.17, 15) is 13.2 Å². The standard InChI is InChI=1S/C12H23N3O3S/c1-12(2)11(16)14-7-8-15(12)19(17,18)9-10-5-3-4-6-13-10/h10,13H,3-9H2,1-2H3,(H,14,16). The Hall–Kier alpha value is -0.660. The van der Waals surface area contributed by atoms with E-state index in [1.54, 1.807) is 13.8 Å². The average molecular weight is 289 g/mol. The molecular weight excluding hydrogens is 266 g/mol. The van der Waals surface area contributed by atoms with Crippen LogP contribution < -0.4 is 10.6 Å². The number of nitrogens with one attached hydrogen (secondary N) is 2. The molecule has 2 rings (SSSR count). The fourth-order valence-electron chi connectivity index (χ4n) is 2.78. The summed E-state index contributed by atoms with van der Waals surface area (Å²) in [5.41, 5.74) is -0.994. The van der Waals surface area contributed by atoms with Crippen LogP contribution in [0.4, 0.5) is 0 Å². The fourth-order valence-corrected chi connectivity index (χ4v) is 4.90. The lowest BCUT2D eigenvalue weighted by Gasteiger charge is -2.40. The first-order chi connectivity index (χ1) is 8.84. The van der Waals surface area contributed by atoms with Crippen LogP contribution in [-0.4, -0.2) is 55.6 Å². The van der Waals surface area contributed by atoms with Gasteiger partial charge in [-0.15, -0.1) is 0 Å². The second-order valence-electron chi connectivity index (χ2n) is 5.81.